The van der Waals surface area contributed by atoms with Crippen molar-refractivity contribution >= 4 is 23.0 Å². The van der Waals surface area contributed by atoms with Crippen molar-refractivity contribution in [1.82, 2.24) is 0 Å². The van der Waals surface area contributed by atoms with Crippen molar-refractivity contribution in [3.05, 3.63) is 33.3 Å². The van der Waals surface area contributed by atoms with Crippen LogP contribution >= 0.6 is 11.6 Å². The quantitative estimate of drug-likeness (QED) is 0.447. The molecule has 0 saturated heterocycles. The van der Waals surface area contributed by atoms with Crippen molar-refractivity contribution < 1.29 is 9.66 Å². The topological polar surface area (TPSA) is 64.4 Å². The summed E-state index contributed by atoms with van der Waals surface area (Å²) in [6.07, 6.45) is 1.79. The molecular formula is C12H17ClN2O3. The highest BCUT2D eigenvalue weighted by molar-refractivity contribution is 6.33. The summed E-state index contributed by atoms with van der Waals surface area (Å²) in [6, 6.07) is 4.84. The van der Waals surface area contributed by atoms with Gasteiger partial charge in [-0.3, -0.25) is 10.1 Å². The maximum absolute atomic E-state index is 10.9. The zero-order valence-electron chi connectivity index (χ0n) is 10.3. The van der Waals surface area contributed by atoms with E-state index in [-0.39, 0.29) is 10.7 Å². The molecule has 0 saturated carbocycles. The normalized spacial score (nSPS) is 10.3. The van der Waals surface area contributed by atoms with Gasteiger partial charge in [0, 0.05) is 19.8 Å². The number of hydrogen-bond acceptors (Lipinski definition) is 4. The van der Waals surface area contributed by atoms with Crippen molar-refractivity contribution in [3.8, 4) is 0 Å². The van der Waals surface area contributed by atoms with Crippen LogP contribution < -0.4 is 5.32 Å². The summed E-state index contributed by atoms with van der Waals surface area (Å²) < 4.78 is 5.32. The molecule has 18 heavy (non-hydrogen) atoms. The molecule has 1 aromatic carbocycles. The molecule has 0 fully saturated rings. The molecule has 100 valence electrons. The number of rotatable bonds is 8. The Labute approximate surface area is 111 Å². The Balaban J connectivity index is 2.47. The van der Waals surface area contributed by atoms with Gasteiger partial charge in [0.05, 0.1) is 4.92 Å². The minimum Gasteiger partial charge on any atom is -0.381 e. The van der Waals surface area contributed by atoms with E-state index in [2.05, 4.69) is 5.32 Å². The van der Waals surface area contributed by atoms with Crippen LogP contribution in [0.25, 0.3) is 0 Å². The molecule has 0 unspecified atom stereocenters. The van der Waals surface area contributed by atoms with Crippen molar-refractivity contribution in [2.24, 2.45) is 0 Å². The average molecular weight is 273 g/mol. The Hall–Kier alpha value is -1.33. The highest BCUT2D eigenvalue weighted by atomic mass is 35.5. The van der Waals surface area contributed by atoms with E-state index < -0.39 is 4.92 Å². The lowest BCUT2D eigenvalue weighted by Crippen LogP contribution is -2.07. The first-order chi connectivity index (χ1) is 8.66. The Morgan fingerprint density at radius 2 is 2.22 bits per heavy atom. The molecular weight excluding hydrogens is 256 g/mol. The summed E-state index contributed by atoms with van der Waals surface area (Å²) in [6.45, 7) is 4.06. The highest BCUT2D eigenvalue weighted by Gasteiger charge is 2.17. The molecule has 1 N–H and O–H groups in total. The third-order valence-electron chi connectivity index (χ3n) is 2.30. The average Bonchev–Trinajstić information content (AvgIpc) is 2.33. The molecule has 0 aromatic heterocycles. The number of hydrogen-bond donors (Lipinski definition) is 1. The first-order valence-corrected chi connectivity index (χ1v) is 6.29. The van der Waals surface area contributed by atoms with Crippen LogP contribution in [0.4, 0.5) is 11.4 Å². The standard InChI is InChI=1S/C12H17ClN2O3/c1-2-8-18-9-4-7-14-11-6-3-5-10(13)12(11)15(16)17/h3,5-6,14H,2,4,7-9H2,1H3. The maximum atomic E-state index is 10.9. The van der Waals surface area contributed by atoms with Crippen LogP contribution in [0.15, 0.2) is 18.2 Å². The number of para-hydroxylation sites is 1. The van der Waals surface area contributed by atoms with Crippen LogP contribution in [-0.2, 0) is 4.74 Å². The van der Waals surface area contributed by atoms with Gasteiger partial charge in [0.15, 0.2) is 0 Å². The van der Waals surface area contributed by atoms with Gasteiger partial charge in [0.25, 0.3) is 0 Å². The molecule has 0 bridgehead atoms. The molecule has 0 heterocycles. The first-order valence-electron chi connectivity index (χ1n) is 5.91. The zero-order chi connectivity index (χ0) is 13.4. The van der Waals surface area contributed by atoms with Crippen LogP contribution in [0.5, 0.6) is 0 Å². The summed E-state index contributed by atoms with van der Waals surface area (Å²) in [5.74, 6) is 0. The SMILES string of the molecule is CCCOCCCNc1cccc(Cl)c1[N+](=O)[O-]. The van der Waals surface area contributed by atoms with E-state index in [1.54, 1.807) is 12.1 Å². The van der Waals surface area contributed by atoms with Gasteiger partial charge >= 0.3 is 5.69 Å². The third kappa shape index (κ3) is 4.50. The smallest absolute Gasteiger partial charge is 0.310 e. The van der Waals surface area contributed by atoms with Gasteiger partial charge in [-0.25, -0.2) is 0 Å². The largest absolute Gasteiger partial charge is 0.381 e. The number of halogens is 1. The second-order valence-electron chi connectivity index (χ2n) is 3.79. The molecule has 1 aromatic rings. The summed E-state index contributed by atoms with van der Waals surface area (Å²) >= 11 is 5.80. The van der Waals surface area contributed by atoms with Crippen molar-refractivity contribution in [1.29, 1.82) is 0 Å². The van der Waals surface area contributed by atoms with E-state index in [0.717, 1.165) is 19.4 Å². The Morgan fingerprint density at radius 3 is 2.89 bits per heavy atom. The minimum absolute atomic E-state index is 0.0753. The van der Waals surface area contributed by atoms with Crippen molar-refractivity contribution in [3.63, 3.8) is 0 Å². The molecule has 0 aliphatic heterocycles. The van der Waals surface area contributed by atoms with E-state index in [1.807, 2.05) is 6.92 Å². The maximum Gasteiger partial charge on any atom is 0.310 e. The van der Waals surface area contributed by atoms with E-state index >= 15 is 0 Å². The number of nitrogens with one attached hydrogen (secondary N) is 1. The highest BCUT2D eigenvalue weighted by Crippen LogP contribution is 2.31. The zero-order valence-corrected chi connectivity index (χ0v) is 11.1. The van der Waals surface area contributed by atoms with Crippen LogP contribution in [0, 0.1) is 10.1 Å². The number of anilines is 1. The number of nitro benzene ring substituents is 1. The fourth-order valence-corrected chi connectivity index (χ4v) is 1.73. The number of nitrogens with zero attached hydrogens (tertiary/aromatic N) is 1. The van der Waals surface area contributed by atoms with Gasteiger partial charge in [0.2, 0.25) is 0 Å². The fraction of sp³-hybridized carbons (Fsp3) is 0.500. The Bertz CT molecular complexity index is 399. The lowest BCUT2D eigenvalue weighted by atomic mass is 10.2. The molecule has 6 heteroatoms. The summed E-state index contributed by atoms with van der Waals surface area (Å²) in [7, 11) is 0. The van der Waals surface area contributed by atoms with Gasteiger partial charge in [-0.2, -0.15) is 0 Å². The molecule has 1 rings (SSSR count). The van der Waals surface area contributed by atoms with Crippen LogP contribution in [0.3, 0.4) is 0 Å². The number of benzene rings is 1. The molecule has 0 spiro atoms. The lowest BCUT2D eigenvalue weighted by molar-refractivity contribution is -0.383. The number of ether oxygens (including phenoxy) is 1. The van der Waals surface area contributed by atoms with Crippen molar-refractivity contribution in [2.75, 3.05) is 25.1 Å². The van der Waals surface area contributed by atoms with E-state index in [4.69, 9.17) is 16.3 Å². The summed E-state index contributed by atoms with van der Waals surface area (Å²) in [5, 5.41) is 14.0. The van der Waals surface area contributed by atoms with Gasteiger partial charge < -0.3 is 10.1 Å². The molecule has 0 aliphatic carbocycles. The van der Waals surface area contributed by atoms with Crippen LogP contribution in [0.2, 0.25) is 5.02 Å². The second-order valence-corrected chi connectivity index (χ2v) is 4.19. The minimum atomic E-state index is -0.474. The second kappa shape index (κ2) is 7.89. The van der Waals surface area contributed by atoms with Gasteiger partial charge in [0.1, 0.15) is 10.7 Å². The predicted octanol–water partition coefficient (Wildman–Crippen LogP) is 3.48. The van der Waals surface area contributed by atoms with E-state index in [1.165, 1.54) is 6.07 Å². The van der Waals surface area contributed by atoms with E-state index in [0.29, 0.717) is 18.8 Å². The Morgan fingerprint density at radius 1 is 1.44 bits per heavy atom. The monoisotopic (exact) mass is 272 g/mol. The molecule has 5 nitrogen and oxygen atoms in total. The molecule has 0 radical (unpaired) electrons. The summed E-state index contributed by atoms with van der Waals surface area (Å²) in [5.41, 5.74) is 0.372. The van der Waals surface area contributed by atoms with Crippen LogP contribution in [0.1, 0.15) is 19.8 Å². The fourth-order valence-electron chi connectivity index (χ4n) is 1.49. The van der Waals surface area contributed by atoms with Gasteiger partial charge in [-0.1, -0.05) is 24.6 Å². The van der Waals surface area contributed by atoms with E-state index in [9.17, 15) is 10.1 Å². The van der Waals surface area contributed by atoms with Crippen molar-refractivity contribution in [2.45, 2.75) is 19.8 Å². The third-order valence-corrected chi connectivity index (χ3v) is 2.60. The summed E-state index contributed by atoms with van der Waals surface area (Å²) in [4.78, 5) is 10.4. The molecule has 0 aliphatic rings. The number of nitro groups is 1. The molecule has 0 atom stereocenters. The lowest BCUT2D eigenvalue weighted by Gasteiger charge is -2.08. The van der Waals surface area contributed by atoms with Crippen LogP contribution in [-0.4, -0.2) is 24.7 Å². The first kappa shape index (κ1) is 14.7. The predicted molar refractivity (Wildman–Crippen MR) is 72.3 cm³/mol. The Kier molecular flexibility index (Phi) is 6.46. The molecule has 0 amide bonds. The van der Waals surface area contributed by atoms with Gasteiger partial charge in [-0.15, -0.1) is 0 Å². The van der Waals surface area contributed by atoms with Gasteiger partial charge in [-0.05, 0) is 25.0 Å².